The van der Waals surface area contributed by atoms with Gasteiger partial charge in [-0.25, -0.2) is 5.43 Å². The van der Waals surface area contributed by atoms with Crippen LogP contribution < -0.4 is 10.7 Å². The second kappa shape index (κ2) is 6.86. The van der Waals surface area contributed by atoms with Gasteiger partial charge in [0.25, 0.3) is 5.91 Å². The van der Waals surface area contributed by atoms with Crippen LogP contribution in [0.1, 0.15) is 17.4 Å². The number of nitrogens with zero attached hydrogens (tertiary/aromatic N) is 1. The number of thiophene rings is 1. The van der Waals surface area contributed by atoms with Crippen LogP contribution in [0.2, 0.25) is 0 Å². The number of hydrogen-bond acceptors (Lipinski definition) is 4. The van der Waals surface area contributed by atoms with E-state index in [1.54, 1.807) is 24.5 Å². The van der Waals surface area contributed by atoms with E-state index in [-0.39, 0.29) is 11.9 Å². The molecule has 0 fully saturated rings. The Morgan fingerprint density at radius 1 is 1.30 bits per heavy atom. The number of rotatable bonds is 5. The minimum absolute atomic E-state index is 0.168. The van der Waals surface area contributed by atoms with Gasteiger partial charge in [0.05, 0.1) is 6.21 Å². The molecule has 1 unspecified atom stereocenters. The molecular formula is C15H17N3OS. The molecule has 20 heavy (non-hydrogen) atoms. The van der Waals surface area contributed by atoms with Crippen molar-refractivity contribution in [3.63, 3.8) is 0 Å². The molecule has 1 atom stereocenters. The summed E-state index contributed by atoms with van der Waals surface area (Å²) in [5, 5.41) is 9.03. The third-order valence-corrected chi connectivity index (χ3v) is 3.54. The zero-order chi connectivity index (χ0) is 14.4. The van der Waals surface area contributed by atoms with Gasteiger partial charge in [0.1, 0.15) is 6.04 Å². The first kappa shape index (κ1) is 14.3. The van der Waals surface area contributed by atoms with E-state index in [9.17, 15) is 4.79 Å². The average molecular weight is 287 g/mol. The number of hydrazone groups is 1. The maximum atomic E-state index is 11.9. The van der Waals surface area contributed by atoms with Crippen LogP contribution in [-0.4, -0.2) is 18.2 Å². The van der Waals surface area contributed by atoms with Crippen molar-refractivity contribution in [2.45, 2.75) is 19.9 Å². The lowest BCUT2D eigenvalue weighted by Gasteiger charge is -2.13. The van der Waals surface area contributed by atoms with Gasteiger partial charge in [-0.1, -0.05) is 23.8 Å². The molecule has 0 bridgehead atoms. The minimum atomic E-state index is -0.349. The fourth-order valence-corrected chi connectivity index (χ4v) is 2.17. The first-order valence-electron chi connectivity index (χ1n) is 6.35. The van der Waals surface area contributed by atoms with Crippen molar-refractivity contribution in [1.82, 2.24) is 5.43 Å². The maximum Gasteiger partial charge on any atom is 0.262 e. The Balaban J connectivity index is 1.84. The van der Waals surface area contributed by atoms with Gasteiger partial charge in [0.2, 0.25) is 0 Å². The first-order valence-corrected chi connectivity index (χ1v) is 7.23. The van der Waals surface area contributed by atoms with Crippen LogP contribution in [-0.2, 0) is 4.79 Å². The molecule has 0 aliphatic rings. The van der Waals surface area contributed by atoms with E-state index in [1.807, 2.05) is 48.7 Å². The zero-order valence-electron chi connectivity index (χ0n) is 11.5. The predicted octanol–water partition coefficient (Wildman–Crippen LogP) is 3.01. The lowest BCUT2D eigenvalue weighted by molar-refractivity contribution is -0.121. The standard InChI is InChI=1S/C15H17N3OS/c1-11-5-7-13(8-6-11)17-12(2)15(19)18-16-10-14-4-3-9-20-14/h3-10,12,17H,1-2H3,(H,18,19)/b16-10+. The SMILES string of the molecule is Cc1ccc(NC(C)C(=O)N/N=C/c2cccs2)cc1. The van der Waals surface area contributed by atoms with Gasteiger partial charge in [0.15, 0.2) is 0 Å². The van der Waals surface area contributed by atoms with Crippen molar-refractivity contribution < 1.29 is 4.79 Å². The van der Waals surface area contributed by atoms with Crippen LogP contribution in [0.25, 0.3) is 0 Å². The number of amides is 1. The Morgan fingerprint density at radius 3 is 2.70 bits per heavy atom. The molecule has 4 nitrogen and oxygen atoms in total. The van der Waals surface area contributed by atoms with Gasteiger partial charge in [0, 0.05) is 10.6 Å². The molecule has 1 amide bonds. The predicted molar refractivity (Wildman–Crippen MR) is 84.3 cm³/mol. The highest BCUT2D eigenvalue weighted by Crippen LogP contribution is 2.10. The van der Waals surface area contributed by atoms with Crippen LogP contribution in [0.5, 0.6) is 0 Å². The van der Waals surface area contributed by atoms with Gasteiger partial charge in [-0.3, -0.25) is 4.79 Å². The van der Waals surface area contributed by atoms with Gasteiger partial charge >= 0.3 is 0 Å². The highest BCUT2D eigenvalue weighted by atomic mass is 32.1. The molecule has 0 saturated heterocycles. The van der Waals surface area contributed by atoms with Crippen LogP contribution in [0.15, 0.2) is 46.9 Å². The summed E-state index contributed by atoms with van der Waals surface area (Å²) in [4.78, 5) is 12.9. The average Bonchev–Trinajstić information content (AvgIpc) is 2.94. The number of carbonyl (C=O) groups excluding carboxylic acids is 1. The van der Waals surface area contributed by atoms with Gasteiger partial charge in [-0.2, -0.15) is 5.10 Å². The van der Waals surface area contributed by atoms with Crippen LogP contribution in [0, 0.1) is 6.92 Å². The summed E-state index contributed by atoms with van der Waals surface area (Å²) in [5.41, 5.74) is 4.63. The van der Waals surface area contributed by atoms with Crippen LogP contribution in [0.4, 0.5) is 5.69 Å². The van der Waals surface area contributed by atoms with Crippen LogP contribution >= 0.6 is 11.3 Å². The number of anilines is 1. The smallest absolute Gasteiger partial charge is 0.262 e. The van der Waals surface area contributed by atoms with Gasteiger partial charge < -0.3 is 5.32 Å². The second-order valence-corrected chi connectivity index (χ2v) is 5.46. The van der Waals surface area contributed by atoms with E-state index in [4.69, 9.17) is 0 Å². The summed E-state index contributed by atoms with van der Waals surface area (Å²) in [6, 6.07) is 11.4. The molecule has 0 radical (unpaired) electrons. The quantitative estimate of drug-likeness (QED) is 0.656. The van der Waals surface area contributed by atoms with Crippen molar-refractivity contribution in [2.24, 2.45) is 5.10 Å². The zero-order valence-corrected chi connectivity index (χ0v) is 12.3. The molecule has 1 aromatic heterocycles. The normalized spacial score (nSPS) is 12.3. The Labute approximate surface area is 122 Å². The number of hydrogen-bond donors (Lipinski definition) is 2. The summed E-state index contributed by atoms with van der Waals surface area (Å²) in [7, 11) is 0. The Kier molecular flexibility index (Phi) is 4.90. The van der Waals surface area contributed by atoms with Crippen molar-refractivity contribution in [2.75, 3.05) is 5.32 Å². The summed E-state index contributed by atoms with van der Waals surface area (Å²) >= 11 is 1.57. The van der Waals surface area contributed by atoms with Crippen molar-refractivity contribution >= 4 is 29.1 Å². The maximum absolute atomic E-state index is 11.9. The lowest BCUT2D eigenvalue weighted by atomic mass is 10.2. The Hall–Kier alpha value is -2.14. The molecule has 2 rings (SSSR count). The fourth-order valence-electron chi connectivity index (χ4n) is 1.59. The van der Waals surface area contributed by atoms with Crippen molar-refractivity contribution in [3.05, 3.63) is 52.2 Å². The third-order valence-electron chi connectivity index (χ3n) is 2.74. The molecule has 0 spiro atoms. The Bertz CT molecular complexity index is 576. The van der Waals surface area contributed by atoms with E-state index in [0.717, 1.165) is 10.6 Å². The molecule has 0 aliphatic heterocycles. The lowest BCUT2D eigenvalue weighted by Crippen LogP contribution is -2.34. The molecule has 2 N–H and O–H groups in total. The number of carbonyl (C=O) groups is 1. The monoisotopic (exact) mass is 287 g/mol. The second-order valence-electron chi connectivity index (χ2n) is 4.48. The molecule has 5 heteroatoms. The number of benzene rings is 1. The topological polar surface area (TPSA) is 53.5 Å². The number of nitrogens with one attached hydrogen (secondary N) is 2. The third kappa shape index (κ3) is 4.20. The first-order chi connectivity index (χ1) is 9.65. The fraction of sp³-hybridized carbons (Fsp3) is 0.200. The van der Waals surface area contributed by atoms with E-state index in [0.29, 0.717) is 0 Å². The van der Waals surface area contributed by atoms with E-state index < -0.39 is 0 Å². The summed E-state index contributed by atoms with van der Waals surface area (Å²) in [5.74, 6) is -0.168. The van der Waals surface area contributed by atoms with E-state index >= 15 is 0 Å². The largest absolute Gasteiger partial charge is 0.374 e. The molecule has 2 aromatic rings. The highest BCUT2D eigenvalue weighted by Gasteiger charge is 2.11. The van der Waals surface area contributed by atoms with Crippen LogP contribution in [0.3, 0.4) is 0 Å². The molecular weight excluding hydrogens is 270 g/mol. The van der Waals surface area contributed by atoms with E-state index in [1.165, 1.54) is 5.56 Å². The van der Waals surface area contributed by atoms with E-state index in [2.05, 4.69) is 15.8 Å². The molecule has 1 aromatic carbocycles. The molecule has 104 valence electrons. The molecule has 0 aliphatic carbocycles. The molecule has 1 heterocycles. The Morgan fingerprint density at radius 2 is 2.05 bits per heavy atom. The van der Waals surface area contributed by atoms with Crippen molar-refractivity contribution in [1.29, 1.82) is 0 Å². The minimum Gasteiger partial charge on any atom is -0.374 e. The molecule has 0 saturated carbocycles. The van der Waals surface area contributed by atoms with Crippen molar-refractivity contribution in [3.8, 4) is 0 Å². The van der Waals surface area contributed by atoms with Gasteiger partial charge in [-0.15, -0.1) is 11.3 Å². The summed E-state index contributed by atoms with van der Waals surface area (Å²) in [6.45, 7) is 3.83. The number of aryl methyl sites for hydroxylation is 1. The highest BCUT2D eigenvalue weighted by molar-refractivity contribution is 7.11. The van der Waals surface area contributed by atoms with Gasteiger partial charge in [-0.05, 0) is 37.4 Å². The summed E-state index contributed by atoms with van der Waals surface area (Å²) < 4.78 is 0. The summed E-state index contributed by atoms with van der Waals surface area (Å²) in [6.07, 6.45) is 1.64.